The number of benzene rings is 5. The van der Waals surface area contributed by atoms with Crippen LogP contribution in [0.5, 0.6) is 0 Å². The number of para-hydroxylation sites is 1. The topological polar surface area (TPSA) is 54.6 Å². The van der Waals surface area contributed by atoms with Crippen molar-refractivity contribution in [3.05, 3.63) is 138 Å². The zero-order valence-corrected chi connectivity index (χ0v) is 39.9. The molecule has 1 N–H and O–H groups in total. The molecule has 9 rings (SSSR count). The van der Waals surface area contributed by atoms with E-state index in [1.807, 2.05) is 33.9 Å². The van der Waals surface area contributed by atoms with Gasteiger partial charge in [-0.3, -0.25) is 9.78 Å². The van der Waals surface area contributed by atoms with Crippen LogP contribution in [0.3, 0.4) is 0 Å². The molecule has 0 fully saturated rings. The molecule has 4 nitrogen and oxygen atoms in total. The number of aliphatic hydroxyl groups is 1. The van der Waals surface area contributed by atoms with E-state index >= 15 is 0 Å². The molecule has 0 bridgehead atoms. The molecule has 1 aliphatic rings. The standard InChI is InChI=1S/C41H33N2Si.C13H24O2.Ir/c1-41(2,3)33-23-27(22-25-12-6-8-14-28(25)33)38-40-30(20-21-42-38)29-18-19-32(36-24-26-13-7-11-17-35(26)44(36,4)5)37-31-15-9-10-16-34(31)43(40)39(29)37;1-5-10(6-2)12(14)9-13(15)11(7-3)8-4;/h6-21,23-24H,1-5H3;9-11,14H,5-8H2,1-4H3;/q-1;;/b;12-9-;. The van der Waals surface area contributed by atoms with Crippen LogP contribution in [0.15, 0.2) is 115 Å². The molecule has 0 amide bonds. The summed E-state index contributed by atoms with van der Waals surface area (Å²) in [5.74, 6) is 0.547. The van der Waals surface area contributed by atoms with E-state index in [0.717, 1.165) is 47.8 Å². The van der Waals surface area contributed by atoms with Gasteiger partial charge in [-0.15, -0.1) is 29.1 Å². The van der Waals surface area contributed by atoms with E-state index in [9.17, 15) is 9.90 Å². The van der Waals surface area contributed by atoms with Gasteiger partial charge in [0.05, 0.1) is 16.8 Å². The molecule has 4 heterocycles. The van der Waals surface area contributed by atoms with Crippen molar-refractivity contribution >= 4 is 79.2 Å². The smallest absolute Gasteiger partial charge is 0.162 e. The van der Waals surface area contributed by atoms with Crippen LogP contribution < -0.4 is 5.19 Å². The van der Waals surface area contributed by atoms with E-state index in [-0.39, 0.29) is 48.9 Å². The van der Waals surface area contributed by atoms with Gasteiger partial charge in [0.2, 0.25) is 0 Å². The molecule has 0 aliphatic carbocycles. The van der Waals surface area contributed by atoms with Crippen molar-refractivity contribution in [2.75, 3.05) is 0 Å². The fourth-order valence-corrected chi connectivity index (χ4v) is 12.8. The van der Waals surface area contributed by atoms with Crippen molar-refractivity contribution in [1.82, 2.24) is 9.38 Å². The first-order chi connectivity index (χ1) is 28.3. The Morgan fingerprint density at radius 3 is 2.10 bits per heavy atom. The van der Waals surface area contributed by atoms with Crippen LogP contribution in [0, 0.1) is 17.9 Å². The minimum Gasteiger partial charge on any atom is -0.512 e. The number of carbonyl (C=O) groups excluding carboxylic acids is 1. The Balaban J connectivity index is 0.000000294. The van der Waals surface area contributed by atoms with Gasteiger partial charge in [-0.1, -0.05) is 151 Å². The van der Waals surface area contributed by atoms with Gasteiger partial charge in [-0.25, -0.2) is 0 Å². The Hall–Kier alpha value is -4.87. The monoisotopic (exact) mass is 986 g/mol. The Morgan fingerprint density at radius 1 is 0.783 bits per heavy atom. The normalized spacial score (nSPS) is 14.0. The summed E-state index contributed by atoms with van der Waals surface area (Å²) in [6.07, 6.45) is 9.36. The van der Waals surface area contributed by atoms with Crippen molar-refractivity contribution in [3.8, 4) is 11.3 Å². The summed E-state index contributed by atoms with van der Waals surface area (Å²) in [7, 11) is -1.88. The molecule has 5 aromatic carbocycles. The number of aliphatic hydroxyl groups excluding tert-OH is 1. The Kier molecular flexibility index (Phi) is 12.2. The number of aromatic nitrogens is 2. The van der Waals surface area contributed by atoms with E-state index in [1.54, 1.807) is 0 Å². The molecule has 60 heavy (non-hydrogen) atoms. The van der Waals surface area contributed by atoms with E-state index < -0.39 is 8.07 Å². The summed E-state index contributed by atoms with van der Waals surface area (Å²) in [5, 5.41) is 20.4. The Morgan fingerprint density at radius 2 is 1.42 bits per heavy atom. The summed E-state index contributed by atoms with van der Waals surface area (Å²) in [6.45, 7) is 20.0. The minimum atomic E-state index is -1.88. The van der Waals surface area contributed by atoms with E-state index in [4.69, 9.17) is 4.98 Å². The average molecular weight is 986 g/mol. The van der Waals surface area contributed by atoms with Crippen molar-refractivity contribution in [2.45, 2.75) is 92.7 Å². The van der Waals surface area contributed by atoms with Gasteiger partial charge in [0.1, 0.15) is 8.07 Å². The summed E-state index contributed by atoms with van der Waals surface area (Å²) in [6, 6.07) is 39.6. The van der Waals surface area contributed by atoms with E-state index in [0.29, 0.717) is 0 Å². The Labute approximate surface area is 370 Å². The van der Waals surface area contributed by atoms with Gasteiger partial charge in [0.25, 0.3) is 0 Å². The number of hydrogen-bond acceptors (Lipinski definition) is 3. The van der Waals surface area contributed by atoms with Gasteiger partial charge in [0, 0.05) is 77.0 Å². The van der Waals surface area contributed by atoms with Gasteiger partial charge < -0.3 is 9.51 Å². The second-order valence-electron chi connectivity index (χ2n) is 18.0. The third-order valence-electron chi connectivity index (χ3n) is 13.1. The van der Waals surface area contributed by atoms with Crippen LogP contribution in [-0.4, -0.2) is 28.3 Å². The second kappa shape index (κ2) is 16.9. The van der Waals surface area contributed by atoms with Crippen molar-refractivity contribution in [2.24, 2.45) is 11.8 Å². The first kappa shape index (κ1) is 43.2. The third kappa shape index (κ3) is 7.25. The molecule has 8 aromatic rings. The summed E-state index contributed by atoms with van der Waals surface area (Å²) in [4.78, 5) is 16.8. The van der Waals surface area contributed by atoms with Gasteiger partial charge in [-0.2, -0.15) is 0 Å². The molecule has 0 saturated carbocycles. The number of rotatable bonds is 9. The Bertz CT molecular complexity index is 2940. The number of pyridine rings is 1. The largest absolute Gasteiger partial charge is 0.512 e. The zero-order chi connectivity index (χ0) is 41.8. The predicted octanol–water partition coefficient (Wildman–Crippen LogP) is 14.0. The van der Waals surface area contributed by atoms with E-state index in [2.05, 4.69) is 147 Å². The molecule has 0 unspecified atom stereocenters. The number of hydrogen-bond donors (Lipinski definition) is 1. The van der Waals surface area contributed by atoms with Crippen molar-refractivity contribution in [3.63, 3.8) is 0 Å². The number of allylic oxidation sites excluding steroid dienone is 2. The maximum atomic E-state index is 11.7. The molecule has 3 aromatic heterocycles. The van der Waals surface area contributed by atoms with Crippen LogP contribution in [0.4, 0.5) is 0 Å². The molecule has 309 valence electrons. The average Bonchev–Trinajstić information content (AvgIpc) is 3.85. The number of nitrogens with zero attached hydrogens (tertiary/aromatic N) is 2. The molecule has 0 saturated heterocycles. The summed E-state index contributed by atoms with van der Waals surface area (Å²) >= 11 is 0. The summed E-state index contributed by atoms with van der Waals surface area (Å²) in [5.41, 5.74) is 9.79. The van der Waals surface area contributed by atoms with Crippen LogP contribution in [0.1, 0.15) is 90.8 Å². The predicted molar refractivity (Wildman–Crippen MR) is 255 cm³/mol. The van der Waals surface area contributed by atoms with Crippen molar-refractivity contribution < 1.29 is 30.0 Å². The fraction of sp³-hybridized carbons (Fsp3) is 0.296. The molecule has 1 radical (unpaired) electrons. The first-order valence-electron chi connectivity index (χ1n) is 21.6. The van der Waals surface area contributed by atoms with Crippen LogP contribution >= 0.6 is 0 Å². The molecule has 1 aliphatic heterocycles. The third-order valence-corrected chi connectivity index (χ3v) is 16.6. The number of fused-ring (bicyclic) bond motifs is 8. The maximum absolute atomic E-state index is 11.7. The summed E-state index contributed by atoms with van der Waals surface area (Å²) < 4.78 is 2.50. The van der Waals surface area contributed by atoms with Gasteiger partial charge >= 0.3 is 0 Å². The first-order valence-corrected chi connectivity index (χ1v) is 24.6. The van der Waals surface area contributed by atoms with Crippen LogP contribution in [0.2, 0.25) is 13.1 Å². The van der Waals surface area contributed by atoms with Crippen LogP contribution in [0.25, 0.3) is 71.4 Å². The zero-order valence-electron chi connectivity index (χ0n) is 36.5. The number of carbonyl (C=O) groups is 1. The van der Waals surface area contributed by atoms with Gasteiger partial charge in [-0.05, 0) is 64.7 Å². The maximum Gasteiger partial charge on any atom is 0.162 e. The van der Waals surface area contributed by atoms with E-state index in [1.165, 1.54) is 71.1 Å². The molecule has 0 spiro atoms. The van der Waals surface area contributed by atoms with Crippen LogP contribution in [-0.2, 0) is 30.3 Å². The molecule has 6 heteroatoms. The molecular formula is C54H57IrN2O2Si-. The second-order valence-corrected chi connectivity index (χ2v) is 22.3. The van der Waals surface area contributed by atoms with Gasteiger partial charge in [0.15, 0.2) is 5.78 Å². The SMILES string of the molecule is CC(C)(C)c1cc(-c2nccc3c4ccc(C5=Cc6ccccc6[Si]5(C)C)c5c6ccccc6n(c23)c45)[c-]c2ccccc12.CCC(CC)C(=O)/C=C(\O)C(CC)CC.[Ir]. The minimum absolute atomic E-state index is 0. The number of ketones is 1. The molecular weight excluding hydrogens is 929 g/mol. The fourth-order valence-electron chi connectivity index (χ4n) is 9.71. The molecule has 0 atom stereocenters. The quantitative estimate of drug-likeness (QED) is 0.0679. The van der Waals surface area contributed by atoms with Crippen molar-refractivity contribution in [1.29, 1.82) is 0 Å².